The summed E-state index contributed by atoms with van der Waals surface area (Å²) in [5, 5.41) is 9.87. The minimum Gasteiger partial charge on any atom is -0.497 e. The number of methoxy groups -OCH3 is 1. The first-order valence-electron chi connectivity index (χ1n) is 25.5. The minimum absolute atomic E-state index is 0.0247. The number of rotatable bonds is 20. The average molecular weight is 1040 g/mol. The zero-order chi connectivity index (χ0) is 54.6. The molecule has 1 aliphatic rings. The van der Waals surface area contributed by atoms with Crippen molar-refractivity contribution < 1.29 is 47.6 Å². The highest BCUT2D eigenvalue weighted by molar-refractivity contribution is 5.90. The summed E-state index contributed by atoms with van der Waals surface area (Å²) in [5.74, 6) is -0.872. The van der Waals surface area contributed by atoms with Crippen molar-refractivity contribution in [3.63, 3.8) is 0 Å². The van der Waals surface area contributed by atoms with Gasteiger partial charge in [-0.3, -0.25) is 4.57 Å². The fourth-order valence-corrected chi connectivity index (χ4v) is 8.76. The number of nitrogens with one attached hydrogen (secondary N) is 3. The monoisotopic (exact) mass is 1040 g/mol. The number of aryl methyl sites for hydroxylation is 2. The molecule has 1 aliphatic heterocycles. The summed E-state index contributed by atoms with van der Waals surface area (Å²) >= 11 is 0. The summed E-state index contributed by atoms with van der Waals surface area (Å²) in [4.78, 5) is 72.8. The highest BCUT2D eigenvalue weighted by atomic mass is 16.6. The van der Waals surface area contributed by atoms with E-state index in [1.54, 1.807) is 91.2 Å². The van der Waals surface area contributed by atoms with Crippen molar-refractivity contribution in [2.75, 3.05) is 32.1 Å². The number of amides is 1. The number of hydrogen-bond donors (Lipinski definition) is 3. The molecule has 76 heavy (non-hydrogen) atoms. The van der Waals surface area contributed by atoms with E-state index in [4.69, 9.17) is 33.4 Å². The molecular formula is C60H69N5O11. The van der Waals surface area contributed by atoms with E-state index in [9.17, 15) is 24.0 Å². The number of nitrogens with zero attached hydrogens (tertiary/aromatic N) is 2. The van der Waals surface area contributed by atoms with E-state index in [-0.39, 0.29) is 38.2 Å². The largest absolute Gasteiger partial charge is 0.497 e. The lowest BCUT2D eigenvalue weighted by molar-refractivity contribution is -0.157. The Labute approximate surface area is 444 Å². The molecular weight excluding hydrogens is 967 g/mol. The normalized spacial score (nSPS) is 16.0. The molecule has 7 rings (SSSR count). The molecule has 2 heterocycles. The second-order valence-electron chi connectivity index (χ2n) is 20.8. The Morgan fingerprint density at radius 2 is 1.26 bits per heavy atom. The Hall–Kier alpha value is -7.82. The summed E-state index contributed by atoms with van der Waals surface area (Å²) < 4.78 is 36.5. The van der Waals surface area contributed by atoms with Gasteiger partial charge in [0.1, 0.15) is 59.4 Å². The number of hydrogen-bond acceptors (Lipinski definition) is 14. The molecule has 1 fully saturated rings. The highest BCUT2D eigenvalue weighted by Gasteiger charge is 2.42. The number of benzene rings is 5. The molecule has 0 radical (unpaired) electrons. The molecule has 0 unspecified atom stereocenters. The Kier molecular flexibility index (Phi) is 18.2. The van der Waals surface area contributed by atoms with Crippen molar-refractivity contribution in [2.24, 2.45) is 0 Å². The molecule has 0 bridgehead atoms. The predicted molar refractivity (Wildman–Crippen MR) is 288 cm³/mol. The van der Waals surface area contributed by atoms with Crippen LogP contribution in [0.1, 0.15) is 115 Å². The first-order valence-corrected chi connectivity index (χ1v) is 25.5. The van der Waals surface area contributed by atoms with Gasteiger partial charge in [0.05, 0.1) is 18.2 Å². The SMILES string of the molecule is COc1ccc(C(Nc2nc(=O)n([C@@H]3C[C@H](OC(=O)c4ccc(C)cc4)[C@@H](COC(=O)c4ccc(C)cc4)O3)cc2CCNCC[C@H](NC(=O)OC(C)(C)C)C(=O)OC(C)(C)C)(c2ccccc2)c2ccccc2)cc1. The van der Waals surface area contributed by atoms with E-state index in [1.165, 1.54) is 4.57 Å². The lowest BCUT2D eigenvalue weighted by Crippen LogP contribution is -2.47. The third-order valence-corrected chi connectivity index (χ3v) is 12.5. The van der Waals surface area contributed by atoms with E-state index in [2.05, 4.69) is 16.0 Å². The lowest BCUT2D eigenvalue weighted by atomic mass is 9.77. The molecule has 0 aliphatic carbocycles. The first-order chi connectivity index (χ1) is 36.2. The fraction of sp³-hybridized carbons (Fsp3) is 0.367. The Morgan fingerprint density at radius 3 is 1.82 bits per heavy atom. The maximum atomic E-state index is 14.7. The van der Waals surface area contributed by atoms with Crippen LogP contribution in [0.3, 0.4) is 0 Å². The second-order valence-corrected chi connectivity index (χ2v) is 20.8. The van der Waals surface area contributed by atoms with Gasteiger partial charge in [-0.15, -0.1) is 0 Å². The zero-order valence-corrected chi connectivity index (χ0v) is 44.7. The van der Waals surface area contributed by atoms with Crippen LogP contribution in [-0.4, -0.2) is 89.8 Å². The van der Waals surface area contributed by atoms with Crippen LogP contribution in [0, 0.1) is 13.8 Å². The quantitative estimate of drug-likeness (QED) is 0.0283. The Bertz CT molecular complexity index is 2930. The summed E-state index contributed by atoms with van der Waals surface area (Å²) in [6, 6.07) is 40.3. The Morgan fingerprint density at radius 1 is 0.711 bits per heavy atom. The molecule has 1 amide bonds. The molecule has 16 nitrogen and oxygen atoms in total. The number of carbonyl (C=O) groups is 4. The maximum absolute atomic E-state index is 14.7. The van der Waals surface area contributed by atoms with Gasteiger partial charge in [0.2, 0.25) is 0 Å². The van der Waals surface area contributed by atoms with Gasteiger partial charge in [-0.1, -0.05) is 108 Å². The first kappa shape index (κ1) is 55.9. The van der Waals surface area contributed by atoms with E-state index in [1.807, 2.05) is 111 Å². The van der Waals surface area contributed by atoms with Crippen molar-refractivity contribution in [1.29, 1.82) is 0 Å². The third-order valence-electron chi connectivity index (χ3n) is 12.5. The molecule has 400 valence electrons. The van der Waals surface area contributed by atoms with Crippen LogP contribution in [0.4, 0.5) is 10.6 Å². The molecule has 1 saturated heterocycles. The van der Waals surface area contributed by atoms with Crippen LogP contribution < -0.4 is 26.4 Å². The summed E-state index contributed by atoms with van der Waals surface area (Å²) in [7, 11) is 1.61. The summed E-state index contributed by atoms with van der Waals surface area (Å²) in [5.41, 5.74) is 2.34. The number of anilines is 1. The van der Waals surface area contributed by atoms with E-state index >= 15 is 0 Å². The van der Waals surface area contributed by atoms with Crippen molar-refractivity contribution in [3.05, 3.63) is 195 Å². The average Bonchev–Trinajstić information content (AvgIpc) is 3.81. The van der Waals surface area contributed by atoms with Gasteiger partial charge in [0, 0.05) is 18.2 Å². The van der Waals surface area contributed by atoms with Crippen molar-refractivity contribution in [1.82, 2.24) is 20.2 Å². The van der Waals surface area contributed by atoms with Crippen LogP contribution in [0.25, 0.3) is 0 Å². The molecule has 3 N–H and O–H groups in total. The van der Waals surface area contributed by atoms with Crippen molar-refractivity contribution in [2.45, 2.75) is 116 Å². The number of ether oxygens (including phenoxy) is 6. The van der Waals surface area contributed by atoms with E-state index in [0.29, 0.717) is 29.0 Å². The van der Waals surface area contributed by atoms with Gasteiger partial charge < -0.3 is 44.4 Å². The third kappa shape index (κ3) is 14.7. The molecule has 5 aromatic carbocycles. The minimum atomic E-state index is -1.12. The lowest BCUT2D eigenvalue weighted by Gasteiger charge is -2.38. The van der Waals surface area contributed by atoms with Gasteiger partial charge >= 0.3 is 29.7 Å². The molecule has 0 saturated carbocycles. The highest BCUT2D eigenvalue weighted by Crippen LogP contribution is 2.41. The van der Waals surface area contributed by atoms with Crippen molar-refractivity contribution in [3.8, 4) is 5.75 Å². The van der Waals surface area contributed by atoms with Crippen molar-refractivity contribution >= 4 is 29.8 Å². The summed E-state index contributed by atoms with van der Waals surface area (Å²) in [6.07, 6.45) is -1.51. The van der Waals surface area contributed by atoms with E-state index < -0.39 is 70.9 Å². The van der Waals surface area contributed by atoms with Crippen LogP contribution >= 0.6 is 0 Å². The Balaban J connectivity index is 1.25. The zero-order valence-electron chi connectivity index (χ0n) is 44.7. The topological polar surface area (TPSA) is 195 Å². The maximum Gasteiger partial charge on any atom is 0.408 e. The van der Waals surface area contributed by atoms with Gasteiger partial charge in [-0.2, -0.15) is 4.98 Å². The number of aromatic nitrogens is 2. The van der Waals surface area contributed by atoms with Gasteiger partial charge in [-0.05, 0) is 134 Å². The predicted octanol–water partition coefficient (Wildman–Crippen LogP) is 9.40. The van der Waals surface area contributed by atoms with Crippen LogP contribution in [0.2, 0.25) is 0 Å². The number of carbonyl (C=O) groups excluding carboxylic acids is 4. The molecule has 0 spiro atoms. The van der Waals surface area contributed by atoms with Gasteiger partial charge in [0.25, 0.3) is 0 Å². The van der Waals surface area contributed by atoms with Crippen LogP contribution in [-0.2, 0) is 40.4 Å². The van der Waals surface area contributed by atoms with Crippen LogP contribution in [0.15, 0.2) is 144 Å². The van der Waals surface area contributed by atoms with Gasteiger partial charge in [-0.25, -0.2) is 24.0 Å². The number of esters is 3. The van der Waals surface area contributed by atoms with Gasteiger partial charge in [0.15, 0.2) is 0 Å². The second kappa shape index (κ2) is 24.7. The molecule has 6 aromatic rings. The molecule has 4 atom stereocenters. The molecule has 1 aromatic heterocycles. The number of alkyl carbamates (subject to hydrolysis) is 1. The smallest absolute Gasteiger partial charge is 0.408 e. The fourth-order valence-electron chi connectivity index (χ4n) is 8.76. The standard InChI is InChI=1S/C60H69N5O11/c1-39-20-24-41(25-21-39)53(66)72-38-50-49(74-54(67)42-26-22-40(2)23-27-42)36-51(73-50)65-37-43(32-34-61-35-33-48(55(68)75-58(3,4)5)62-57(70)76-59(6,7)8)52(63-56(65)69)64-60(44-16-12-10-13-17-44,45-18-14-11-15-19-45)46-28-30-47(71-9)31-29-46/h10-31,37,48-51,61H,32-36,38H2,1-9H3,(H,62,70)(H,63,64,69)/t48-,49-,50+,51-/m0/s1. The summed E-state index contributed by atoms with van der Waals surface area (Å²) in [6.45, 7) is 14.6. The molecule has 16 heteroatoms. The van der Waals surface area contributed by atoms with E-state index in [0.717, 1.165) is 27.8 Å². The van der Waals surface area contributed by atoms with Crippen LogP contribution in [0.5, 0.6) is 5.75 Å².